The summed E-state index contributed by atoms with van der Waals surface area (Å²) in [4.78, 5) is 24.5. The van der Waals surface area contributed by atoms with E-state index < -0.39 is 11.9 Å². The third-order valence-corrected chi connectivity index (χ3v) is 4.91. The molecule has 6 heteroatoms. The molecule has 3 rings (SSSR count). The fourth-order valence-electron chi connectivity index (χ4n) is 3.00. The Morgan fingerprint density at radius 3 is 2.32 bits per heavy atom. The Bertz CT molecular complexity index is 1160. The van der Waals surface area contributed by atoms with Crippen LogP contribution in [0.2, 0.25) is 0 Å². The molecule has 0 atom stereocenters. The molecule has 0 aliphatic rings. The second-order valence-corrected chi connectivity index (χ2v) is 7.53. The van der Waals surface area contributed by atoms with E-state index in [-0.39, 0.29) is 5.57 Å². The van der Waals surface area contributed by atoms with E-state index in [1.165, 1.54) is 6.08 Å². The maximum atomic E-state index is 12.5. The van der Waals surface area contributed by atoms with Gasteiger partial charge in [-0.1, -0.05) is 55.8 Å². The van der Waals surface area contributed by atoms with Crippen molar-refractivity contribution in [2.24, 2.45) is 0 Å². The van der Waals surface area contributed by atoms with Crippen molar-refractivity contribution in [1.82, 2.24) is 0 Å². The van der Waals surface area contributed by atoms with Gasteiger partial charge >= 0.3 is 5.97 Å². The Kier molecular flexibility index (Phi) is 9.00. The molecule has 0 aliphatic carbocycles. The predicted octanol–water partition coefficient (Wildman–Crippen LogP) is 5.77. The second-order valence-electron chi connectivity index (χ2n) is 7.53. The van der Waals surface area contributed by atoms with Crippen LogP contribution in [0.15, 0.2) is 84.4 Å². The first kappa shape index (κ1) is 24.3. The molecule has 6 nitrogen and oxygen atoms in total. The zero-order valence-electron chi connectivity index (χ0n) is 19.0. The van der Waals surface area contributed by atoms with Crippen molar-refractivity contribution in [2.45, 2.75) is 26.4 Å². The molecule has 1 amide bonds. The number of ether oxygens (including phenoxy) is 2. The zero-order chi connectivity index (χ0) is 24.2. The van der Waals surface area contributed by atoms with Crippen LogP contribution >= 0.6 is 0 Å². The maximum Gasteiger partial charge on any atom is 0.338 e. The van der Waals surface area contributed by atoms with Gasteiger partial charge in [-0.2, -0.15) is 5.26 Å². The topological polar surface area (TPSA) is 88.4 Å². The molecule has 0 radical (unpaired) electrons. The summed E-state index contributed by atoms with van der Waals surface area (Å²) in [5.41, 5.74) is 2.60. The largest absolute Gasteiger partial charge is 0.489 e. The number of hydrogen-bond donors (Lipinski definition) is 1. The number of nitrogens with zero attached hydrogens (tertiary/aromatic N) is 1. The van der Waals surface area contributed by atoms with Gasteiger partial charge in [-0.05, 0) is 60.0 Å². The second kappa shape index (κ2) is 12.6. The Morgan fingerprint density at radius 1 is 0.971 bits per heavy atom. The van der Waals surface area contributed by atoms with Crippen molar-refractivity contribution in [3.63, 3.8) is 0 Å². The number of hydrogen-bond acceptors (Lipinski definition) is 5. The lowest BCUT2D eigenvalue weighted by atomic mass is 10.1. The van der Waals surface area contributed by atoms with Gasteiger partial charge in [-0.15, -0.1) is 0 Å². The molecule has 3 aromatic rings. The smallest absolute Gasteiger partial charge is 0.338 e. The van der Waals surface area contributed by atoms with Gasteiger partial charge < -0.3 is 14.8 Å². The molecular formula is C28H26N2O4. The van der Waals surface area contributed by atoms with E-state index in [9.17, 15) is 14.9 Å². The molecule has 3 aromatic carbocycles. The summed E-state index contributed by atoms with van der Waals surface area (Å²) in [6.45, 7) is 2.85. The van der Waals surface area contributed by atoms with Gasteiger partial charge in [-0.25, -0.2) is 4.79 Å². The lowest BCUT2D eigenvalue weighted by molar-refractivity contribution is -0.112. The molecule has 1 N–H and O–H groups in total. The highest BCUT2D eigenvalue weighted by molar-refractivity contribution is 6.09. The van der Waals surface area contributed by atoms with Gasteiger partial charge in [0.15, 0.2) is 0 Å². The molecule has 34 heavy (non-hydrogen) atoms. The van der Waals surface area contributed by atoms with Crippen molar-refractivity contribution in [2.75, 3.05) is 11.9 Å². The van der Waals surface area contributed by atoms with Gasteiger partial charge in [0.1, 0.15) is 24.0 Å². The lowest BCUT2D eigenvalue weighted by Gasteiger charge is -2.07. The highest BCUT2D eigenvalue weighted by Gasteiger charge is 2.11. The minimum atomic E-state index is -0.537. The Morgan fingerprint density at radius 2 is 1.68 bits per heavy atom. The summed E-state index contributed by atoms with van der Waals surface area (Å²) in [5, 5.41) is 12.1. The number of rotatable bonds is 10. The highest BCUT2D eigenvalue weighted by atomic mass is 16.5. The molecule has 0 unspecified atom stereocenters. The van der Waals surface area contributed by atoms with Gasteiger partial charge in [0, 0.05) is 5.69 Å². The number of esters is 1. The van der Waals surface area contributed by atoms with Crippen molar-refractivity contribution < 1.29 is 19.1 Å². The van der Waals surface area contributed by atoms with Crippen LogP contribution in [0, 0.1) is 11.3 Å². The molecule has 0 aromatic heterocycles. The van der Waals surface area contributed by atoms with Crippen LogP contribution in [0.4, 0.5) is 5.69 Å². The van der Waals surface area contributed by atoms with Crippen molar-refractivity contribution in [3.05, 3.63) is 101 Å². The first-order chi connectivity index (χ1) is 16.6. The Hall–Kier alpha value is -4.37. The number of anilines is 1. The first-order valence-corrected chi connectivity index (χ1v) is 11.1. The van der Waals surface area contributed by atoms with E-state index in [0.717, 1.165) is 18.4 Å². The van der Waals surface area contributed by atoms with Gasteiger partial charge in [0.25, 0.3) is 5.91 Å². The number of amides is 1. The molecule has 0 fully saturated rings. The number of unbranched alkanes of at least 4 members (excludes halogenated alkanes) is 1. The number of nitriles is 1. The van der Waals surface area contributed by atoms with Crippen molar-refractivity contribution in [1.29, 1.82) is 5.26 Å². The van der Waals surface area contributed by atoms with E-state index >= 15 is 0 Å². The molecular weight excluding hydrogens is 428 g/mol. The number of benzene rings is 3. The fourth-order valence-corrected chi connectivity index (χ4v) is 3.00. The minimum absolute atomic E-state index is 0.0407. The monoisotopic (exact) mass is 454 g/mol. The van der Waals surface area contributed by atoms with Crippen molar-refractivity contribution >= 4 is 23.6 Å². The predicted molar refractivity (Wildman–Crippen MR) is 131 cm³/mol. The maximum absolute atomic E-state index is 12.5. The third kappa shape index (κ3) is 7.35. The summed E-state index contributed by atoms with van der Waals surface area (Å²) in [5.74, 6) is -0.248. The standard InChI is InChI=1S/C28H26N2O4/c1-2-3-17-33-28(32)23-11-13-25(14-12-23)30-27(31)24(19-29)18-21-9-15-26(16-10-21)34-20-22-7-5-4-6-8-22/h4-16,18H,2-3,17,20H2,1H3,(H,30,31)/b24-18+. The molecule has 0 spiro atoms. The lowest BCUT2D eigenvalue weighted by Crippen LogP contribution is -2.13. The van der Waals surface area contributed by atoms with Crippen LogP contribution < -0.4 is 10.1 Å². The van der Waals surface area contributed by atoms with Crippen LogP contribution in [-0.2, 0) is 16.1 Å². The average Bonchev–Trinajstić information content (AvgIpc) is 2.87. The summed E-state index contributed by atoms with van der Waals surface area (Å²) >= 11 is 0. The Labute approximate surface area is 199 Å². The average molecular weight is 455 g/mol. The summed E-state index contributed by atoms with van der Waals surface area (Å²) < 4.78 is 10.9. The number of nitrogens with one attached hydrogen (secondary N) is 1. The van der Waals surface area contributed by atoms with Gasteiger partial charge in [0.05, 0.1) is 12.2 Å². The van der Waals surface area contributed by atoms with Crippen LogP contribution in [0.25, 0.3) is 6.08 Å². The molecule has 0 bridgehead atoms. The Balaban J connectivity index is 1.57. The molecule has 172 valence electrons. The molecule has 0 saturated carbocycles. The zero-order valence-corrected chi connectivity index (χ0v) is 19.0. The van der Waals surface area contributed by atoms with Gasteiger partial charge in [0.2, 0.25) is 0 Å². The minimum Gasteiger partial charge on any atom is -0.489 e. The third-order valence-electron chi connectivity index (χ3n) is 4.91. The SMILES string of the molecule is CCCCOC(=O)c1ccc(NC(=O)/C(C#N)=C/c2ccc(OCc3ccccc3)cc2)cc1. The van der Waals surface area contributed by atoms with E-state index in [0.29, 0.717) is 35.8 Å². The quantitative estimate of drug-likeness (QED) is 0.182. The van der Waals surface area contributed by atoms with Gasteiger partial charge in [-0.3, -0.25) is 4.79 Å². The number of carbonyl (C=O) groups is 2. The van der Waals surface area contributed by atoms with Crippen LogP contribution in [0.1, 0.15) is 41.3 Å². The highest BCUT2D eigenvalue weighted by Crippen LogP contribution is 2.17. The van der Waals surface area contributed by atoms with Crippen LogP contribution in [0.5, 0.6) is 5.75 Å². The normalized spacial score (nSPS) is 10.8. The van der Waals surface area contributed by atoms with Crippen LogP contribution in [0.3, 0.4) is 0 Å². The summed E-state index contributed by atoms with van der Waals surface area (Å²) in [7, 11) is 0. The molecule has 0 saturated heterocycles. The van der Waals surface area contributed by atoms with E-state index in [2.05, 4.69) is 5.32 Å². The van der Waals surface area contributed by atoms with E-state index in [1.807, 2.05) is 43.3 Å². The summed E-state index contributed by atoms with van der Waals surface area (Å²) in [6.07, 6.45) is 3.27. The number of carbonyl (C=O) groups excluding carboxylic acids is 2. The first-order valence-electron chi connectivity index (χ1n) is 11.1. The van der Waals surface area contributed by atoms with Crippen LogP contribution in [-0.4, -0.2) is 18.5 Å². The van der Waals surface area contributed by atoms with Crippen molar-refractivity contribution in [3.8, 4) is 11.8 Å². The molecule has 0 heterocycles. The van der Waals surface area contributed by atoms with E-state index in [4.69, 9.17) is 9.47 Å². The fraction of sp³-hybridized carbons (Fsp3) is 0.179. The summed E-state index contributed by atoms with van der Waals surface area (Å²) in [6, 6.07) is 25.3. The van der Waals surface area contributed by atoms with E-state index in [1.54, 1.807) is 48.5 Å². The molecule has 0 aliphatic heterocycles.